The maximum absolute atomic E-state index is 12.0. The number of ketones is 1. The smallest absolute Gasteiger partial charge is 0.306 e. The van der Waals surface area contributed by atoms with Gasteiger partial charge < -0.3 is 4.74 Å². The molecule has 0 amide bonds. The summed E-state index contributed by atoms with van der Waals surface area (Å²) in [5, 5.41) is 2.24. The Hall–Kier alpha value is -2.42. The van der Waals surface area contributed by atoms with Gasteiger partial charge in [0.2, 0.25) is 0 Å². The van der Waals surface area contributed by atoms with Crippen molar-refractivity contribution < 1.29 is 14.3 Å². The minimum absolute atomic E-state index is 0.0756. The van der Waals surface area contributed by atoms with E-state index in [4.69, 9.17) is 0 Å². The number of hydrogen-bond acceptors (Lipinski definition) is 3. The number of rotatable bonds is 5. The molecule has 108 valence electrons. The second-order valence-corrected chi connectivity index (χ2v) is 4.99. The van der Waals surface area contributed by atoms with Crippen LogP contribution >= 0.6 is 0 Å². The zero-order chi connectivity index (χ0) is 15.2. The first kappa shape index (κ1) is 15.0. The molecule has 0 bridgehead atoms. The van der Waals surface area contributed by atoms with Crippen LogP contribution in [0.15, 0.2) is 48.5 Å². The molecule has 0 spiro atoms. The van der Waals surface area contributed by atoms with Crippen molar-refractivity contribution >= 4 is 28.6 Å². The van der Waals surface area contributed by atoms with Crippen LogP contribution in [0.2, 0.25) is 0 Å². The Morgan fingerprint density at radius 3 is 2.62 bits per heavy atom. The van der Waals surface area contributed by atoms with Crippen LogP contribution in [0.4, 0.5) is 0 Å². The molecule has 3 heteroatoms. The number of hydrogen-bond donors (Lipinski definition) is 0. The van der Waals surface area contributed by atoms with Crippen molar-refractivity contribution in [2.45, 2.75) is 13.3 Å². The van der Waals surface area contributed by atoms with Crippen LogP contribution < -0.4 is 0 Å². The summed E-state index contributed by atoms with van der Waals surface area (Å²) in [6.45, 7) is 1.73. The maximum Gasteiger partial charge on any atom is 0.306 e. The highest BCUT2D eigenvalue weighted by atomic mass is 16.5. The molecular weight excluding hydrogens is 264 g/mol. The SMILES string of the molecule is COC(=O)CC(C)C(=O)/C=C/c1cccc2ccccc12. The van der Waals surface area contributed by atoms with Gasteiger partial charge in [-0.3, -0.25) is 9.59 Å². The molecule has 0 heterocycles. The first-order valence-electron chi connectivity index (χ1n) is 6.88. The third kappa shape index (κ3) is 3.78. The fraction of sp³-hybridized carbons (Fsp3) is 0.222. The standard InChI is InChI=1S/C18H18O3/c1-13(12-18(20)21-2)17(19)11-10-15-8-5-7-14-6-3-4-9-16(14)15/h3-11,13H,12H2,1-2H3/b11-10+. The van der Waals surface area contributed by atoms with Gasteiger partial charge in [0, 0.05) is 5.92 Å². The maximum atomic E-state index is 12.0. The molecular formula is C18H18O3. The number of fused-ring (bicyclic) bond motifs is 1. The fourth-order valence-corrected chi connectivity index (χ4v) is 2.17. The molecule has 0 radical (unpaired) electrons. The third-order valence-electron chi connectivity index (χ3n) is 3.44. The van der Waals surface area contributed by atoms with Gasteiger partial charge in [-0.15, -0.1) is 0 Å². The molecule has 2 rings (SSSR count). The molecule has 0 N–H and O–H groups in total. The summed E-state index contributed by atoms with van der Waals surface area (Å²) >= 11 is 0. The molecule has 21 heavy (non-hydrogen) atoms. The van der Waals surface area contributed by atoms with Gasteiger partial charge in [0.05, 0.1) is 13.5 Å². The van der Waals surface area contributed by atoms with Crippen molar-refractivity contribution in [2.24, 2.45) is 5.92 Å². The average molecular weight is 282 g/mol. The van der Waals surface area contributed by atoms with Crippen molar-refractivity contribution in [1.29, 1.82) is 0 Å². The summed E-state index contributed by atoms with van der Waals surface area (Å²) < 4.78 is 4.58. The van der Waals surface area contributed by atoms with E-state index < -0.39 is 0 Å². The van der Waals surface area contributed by atoms with Crippen LogP contribution in [0.25, 0.3) is 16.8 Å². The molecule has 3 nitrogen and oxygen atoms in total. The molecule has 0 aliphatic carbocycles. The van der Waals surface area contributed by atoms with Crippen LogP contribution in [0.3, 0.4) is 0 Å². The topological polar surface area (TPSA) is 43.4 Å². The number of carbonyl (C=O) groups is 2. The molecule has 0 aliphatic heterocycles. The molecule has 0 fully saturated rings. The van der Waals surface area contributed by atoms with Gasteiger partial charge in [-0.25, -0.2) is 0 Å². The van der Waals surface area contributed by atoms with Gasteiger partial charge in [0.15, 0.2) is 5.78 Å². The quantitative estimate of drug-likeness (QED) is 0.621. The van der Waals surface area contributed by atoms with Gasteiger partial charge in [-0.05, 0) is 22.4 Å². The number of methoxy groups -OCH3 is 1. The molecule has 0 saturated heterocycles. The zero-order valence-electron chi connectivity index (χ0n) is 12.2. The molecule has 2 aromatic carbocycles. The highest BCUT2D eigenvalue weighted by Crippen LogP contribution is 2.20. The van der Waals surface area contributed by atoms with Gasteiger partial charge >= 0.3 is 5.97 Å². The van der Waals surface area contributed by atoms with Gasteiger partial charge in [0.1, 0.15) is 0 Å². The van der Waals surface area contributed by atoms with E-state index in [1.807, 2.05) is 42.5 Å². The zero-order valence-corrected chi connectivity index (χ0v) is 12.2. The number of allylic oxidation sites excluding steroid dienone is 1. The van der Waals surface area contributed by atoms with Crippen molar-refractivity contribution in [3.8, 4) is 0 Å². The van der Waals surface area contributed by atoms with Crippen LogP contribution in [-0.2, 0) is 14.3 Å². The van der Waals surface area contributed by atoms with Crippen LogP contribution in [0.1, 0.15) is 18.9 Å². The minimum atomic E-state index is -0.372. The van der Waals surface area contributed by atoms with E-state index in [1.54, 1.807) is 13.0 Å². The van der Waals surface area contributed by atoms with Crippen LogP contribution in [0, 0.1) is 5.92 Å². The summed E-state index contributed by atoms with van der Waals surface area (Å²) in [6.07, 6.45) is 3.45. The fourth-order valence-electron chi connectivity index (χ4n) is 2.17. The molecule has 0 aliphatic rings. The lowest BCUT2D eigenvalue weighted by atomic mass is 10.00. The lowest BCUT2D eigenvalue weighted by Gasteiger charge is -2.06. The summed E-state index contributed by atoms with van der Waals surface area (Å²) in [5.41, 5.74) is 0.992. The van der Waals surface area contributed by atoms with E-state index in [1.165, 1.54) is 13.2 Å². The van der Waals surface area contributed by atoms with E-state index in [-0.39, 0.29) is 24.1 Å². The van der Waals surface area contributed by atoms with E-state index in [0.29, 0.717) is 0 Å². The summed E-state index contributed by atoms with van der Waals surface area (Å²) in [6, 6.07) is 14.0. The lowest BCUT2D eigenvalue weighted by Crippen LogP contribution is -2.14. The Kier molecular flexibility index (Phi) is 4.88. The van der Waals surface area contributed by atoms with Crippen molar-refractivity contribution in [1.82, 2.24) is 0 Å². The Bertz CT molecular complexity index is 680. The largest absolute Gasteiger partial charge is 0.469 e. The highest BCUT2D eigenvalue weighted by molar-refractivity contribution is 5.99. The van der Waals surface area contributed by atoms with Gasteiger partial charge in [-0.2, -0.15) is 0 Å². The van der Waals surface area contributed by atoms with Gasteiger partial charge in [-0.1, -0.05) is 55.5 Å². The monoisotopic (exact) mass is 282 g/mol. The first-order chi connectivity index (χ1) is 10.1. The molecule has 0 aromatic heterocycles. The highest BCUT2D eigenvalue weighted by Gasteiger charge is 2.14. The summed E-state index contributed by atoms with van der Waals surface area (Å²) in [7, 11) is 1.32. The van der Waals surface area contributed by atoms with Crippen LogP contribution in [-0.4, -0.2) is 18.9 Å². The summed E-state index contributed by atoms with van der Waals surface area (Å²) in [5.74, 6) is -0.813. The van der Waals surface area contributed by atoms with E-state index in [2.05, 4.69) is 4.74 Å². The molecule has 0 saturated carbocycles. The average Bonchev–Trinajstić information content (AvgIpc) is 2.52. The minimum Gasteiger partial charge on any atom is -0.469 e. The van der Waals surface area contributed by atoms with E-state index in [9.17, 15) is 9.59 Å². The summed E-state index contributed by atoms with van der Waals surface area (Å²) in [4.78, 5) is 23.2. The number of esters is 1. The van der Waals surface area contributed by atoms with Crippen molar-refractivity contribution in [3.63, 3.8) is 0 Å². The third-order valence-corrected chi connectivity index (χ3v) is 3.44. The van der Waals surface area contributed by atoms with Crippen molar-refractivity contribution in [3.05, 3.63) is 54.1 Å². The molecule has 1 atom stereocenters. The van der Waals surface area contributed by atoms with Crippen molar-refractivity contribution in [2.75, 3.05) is 7.11 Å². The van der Waals surface area contributed by atoms with E-state index in [0.717, 1.165) is 16.3 Å². The number of carbonyl (C=O) groups excluding carboxylic acids is 2. The second-order valence-electron chi connectivity index (χ2n) is 4.99. The molecule has 1 unspecified atom stereocenters. The Balaban J connectivity index is 2.16. The van der Waals surface area contributed by atoms with Crippen LogP contribution in [0.5, 0.6) is 0 Å². The first-order valence-corrected chi connectivity index (χ1v) is 6.88. The lowest BCUT2D eigenvalue weighted by molar-refractivity contribution is -0.143. The Labute approximate surface area is 124 Å². The Morgan fingerprint density at radius 2 is 1.86 bits per heavy atom. The number of ether oxygens (including phenoxy) is 1. The predicted octanol–water partition coefficient (Wildman–Crippen LogP) is 3.62. The van der Waals surface area contributed by atoms with E-state index >= 15 is 0 Å². The normalized spacial score (nSPS) is 12.5. The van der Waals surface area contributed by atoms with Gasteiger partial charge in [0.25, 0.3) is 0 Å². The number of benzene rings is 2. The Morgan fingerprint density at radius 1 is 1.14 bits per heavy atom. The second kappa shape index (κ2) is 6.84. The predicted molar refractivity (Wildman–Crippen MR) is 83.8 cm³/mol. The molecule has 2 aromatic rings.